The standard InChI is InChI=1S/C48H75N5O8S/c1-7-33-29-46(33,42(58)50-62(59,60)52-24-12-13-25-52)31-38(55)36-30-48(43(3,4)47(48)19-15-20-47)32-53(36)41(57)34(44(5)21-26-61-27-22-44)28-37(54)39(45(6)17-10-9-11-18-45)49-40(56)35-16-14-23-51(35)8-2/h7,33-36,39H,1,8-32H2,2-6H3,(H,49,56)(H,50,58)/t33-,34-,35+,36+,39-,46-,48-/m1/s1. The van der Waals surface area contributed by atoms with Crippen molar-refractivity contribution in [3.63, 3.8) is 0 Å². The third-order valence-corrected chi connectivity index (χ3v) is 20.5. The van der Waals surface area contributed by atoms with Gasteiger partial charge in [-0.3, -0.25) is 28.9 Å². The molecule has 14 heteroatoms. The Labute approximate surface area is 370 Å². The maximum absolute atomic E-state index is 15.8. The quantitative estimate of drug-likeness (QED) is 0.185. The highest BCUT2D eigenvalue weighted by Crippen LogP contribution is 2.88. The fourth-order valence-corrected chi connectivity index (χ4v) is 15.6. The summed E-state index contributed by atoms with van der Waals surface area (Å²) in [6.45, 7) is 18.4. The second-order valence-electron chi connectivity index (χ2n) is 22.1. The lowest BCUT2D eigenvalue weighted by Gasteiger charge is -2.44. The zero-order valence-electron chi connectivity index (χ0n) is 38.4. The molecule has 4 aliphatic carbocycles. The number of rotatable bonds is 16. The number of allylic oxidation sites excluding steroid dienone is 1. The molecule has 0 bridgehead atoms. The van der Waals surface area contributed by atoms with Crippen molar-refractivity contribution in [2.45, 2.75) is 168 Å². The van der Waals surface area contributed by atoms with Gasteiger partial charge in [-0.05, 0) is 118 Å². The van der Waals surface area contributed by atoms with Crippen molar-refractivity contribution in [2.24, 2.45) is 44.3 Å². The summed E-state index contributed by atoms with van der Waals surface area (Å²) in [5.74, 6) is -2.46. The first kappa shape index (κ1) is 45.9. The van der Waals surface area contributed by atoms with Crippen molar-refractivity contribution in [1.29, 1.82) is 0 Å². The molecule has 2 N–H and O–H groups in total. The number of Topliss-reactive ketones (excluding diaryl/α,β-unsaturated/α-hetero) is 2. The molecule has 8 rings (SSSR count). The third-order valence-electron chi connectivity index (χ3n) is 19.0. The van der Waals surface area contributed by atoms with E-state index in [1.807, 2.05) is 0 Å². The zero-order chi connectivity index (χ0) is 44.5. The van der Waals surface area contributed by atoms with Crippen molar-refractivity contribution >= 4 is 39.5 Å². The summed E-state index contributed by atoms with van der Waals surface area (Å²) in [4.78, 5) is 78.3. The molecule has 62 heavy (non-hydrogen) atoms. The highest BCUT2D eigenvalue weighted by Gasteiger charge is 2.85. The lowest BCUT2D eigenvalue weighted by atomic mass is 9.65. The van der Waals surface area contributed by atoms with Crippen molar-refractivity contribution in [3.05, 3.63) is 12.7 Å². The van der Waals surface area contributed by atoms with E-state index in [4.69, 9.17) is 4.74 Å². The molecule has 13 nitrogen and oxygen atoms in total. The van der Waals surface area contributed by atoms with Gasteiger partial charge in [0.1, 0.15) is 0 Å². The highest BCUT2D eigenvalue weighted by molar-refractivity contribution is 7.87. The number of nitrogens with zero attached hydrogens (tertiary/aromatic N) is 3. The summed E-state index contributed by atoms with van der Waals surface area (Å²) in [6, 6.07) is -1.83. The molecule has 346 valence electrons. The van der Waals surface area contributed by atoms with Crippen molar-refractivity contribution in [3.8, 4) is 0 Å². The predicted molar refractivity (Wildman–Crippen MR) is 236 cm³/mol. The SMILES string of the molecule is C=C[C@@H]1C[C@]1(CC(=O)[C@@H]1C[C@@]2(CN1C(=O)[C@@H](CC(=O)[C@@H](NC(=O)[C@@H]1CCCN1CC)C1(C)CCCCC1)C1(C)CCOCC1)C(C)(C)C21CCC1)C(=O)NS(=O)(=O)N1CCCC1. The van der Waals surface area contributed by atoms with E-state index in [9.17, 15) is 18.0 Å². The van der Waals surface area contributed by atoms with E-state index in [-0.39, 0.29) is 64.4 Å². The summed E-state index contributed by atoms with van der Waals surface area (Å²) in [5, 5.41) is 3.31. The summed E-state index contributed by atoms with van der Waals surface area (Å²) in [5.41, 5.74) is -2.69. The number of hydrogen-bond donors (Lipinski definition) is 2. The van der Waals surface area contributed by atoms with Gasteiger partial charge < -0.3 is 15.0 Å². The molecule has 0 aromatic heterocycles. The monoisotopic (exact) mass is 882 g/mol. The van der Waals surface area contributed by atoms with Gasteiger partial charge in [-0.15, -0.1) is 6.58 Å². The van der Waals surface area contributed by atoms with Crippen LogP contribution in [0, 0.1) is 44.3 Å². The topological polar surface area (TPSA) is 162 Å². The van der Waals surface area contributed by atoms with Crippen LogP contribution in [0.2, 0.25) is 0 Å². The van der Waals surface area contributed by atoms with Gasteiger partial charge in [0.15, 0.2) is 11.6 Å². The minimum absolute atomic E-state index is 0.0150. The van der Waals surface area contributed by atoms with Crippen LogP contribution < -0.4 is 10.0 Å². The molecule has 4 saturated carbocycles. The van der Waals surface area contributed by atoms with E-state index < -0.39 is 50.4 Å². The number of carbonyl (C=O) groups excluding carboxylic acids is 5. The van der Waals surface area contributed by atoms with Crippen molar-refractivity contribution < 1.29 is 37.1 Å². The Morgan fingerprint density at radius 2 is 1.48 bits per heavy atom. The van der Waals surface area contributed by atoms with Gasteiger partial charge in [0.25, 0.3) is 0 Å². The Balaban J connectivity index is 1.10. The number of amides is 3. The molecule has 8 aliphatic rings. The maximum Gasteiger partial charge on any atom is 0.303 e. The Morgan fingerprint density at radius 3 is 2.06 bits per heavy atom. The number of likely N-dealkylation sites (N-methyl/N-ethyl adjacent to an activating group) is 1. The van der Waals surface area contributed by atoms with Crippen LogP contribution in [0.5, 0.6) is 0 Å². The Kier molecular flexibility index (Phi) is 12.3. The first-order valence-corrected chi connectivity index (χ1v) is 25.7. The summed E-state index contributed by atoms with van der Waals surface area (Å²) >= 11 is 0. The van der Waals surface area contributed by atoms with Crippen LogP contribution >= 0.6 is 0 Å². The molecular formula is C48H75N5O8S. The van der Waals surface area contributed by atoms with Crippen LogP contribution in [0.4, 0.5) is 0 Å². The van der Waals surface area contributed by atoms with Gasteiger partial charge >= 0.3 is 10.2 Å². The number of carbonyl (C=O) groups is 5. The zero-order valence-corrected chi connectivity index (χ0v) is 39.2. The fraction of sp³-hybridized carbons (Fsp3) is 0.854. The first-order valence-electron chi connectivity index (χ1n) is 24.3. The number of likely N-dealkylation sites (tertiary alicyclic amines) is 2. The van der Waals surface area contributed by atoms with Crippen LogP contribution in [0.15, 0.2) is 12.7 Å². The van der Waals surface area contributed by atoms with Gasteiger partial charge in [-0.1, -0.05) is 66.4 Å². The number of ketones is 2. The molecular weight excluding hydrogens is 807 g/mol. The van der Waals surface area contributed by atoms with E-state index in [1.54, 1.807) is 11.0 Å². The normalized spacial score (nSPS) is 34.3. The van der Waals surface area contributed by atoms with E-state index in [1.165, 1.54) is 4.31 Å². The first-order chi connectivity index (χ1) is 29.3. The van der Waals surface area contributed by atoms with Gasteiger partial charge in [-0.2, -0.15) is 12.7 Å². The highest BCUT2D eigenvalue weighted by atomic mass is 32.2. The summed E-state index contributed by atoms with van der Waals surface area (Å²) in [6.07, 6.45) is 14.4. The van der Waals surface area contributed by atoms with Gasteiger partial charge in [0.2, 0.25) is 17.7 Å². The minimum atomic E-state index is -4.07. The Bertz CT molecular complexity index is 1910. The molecule has 7 atom stereocenters. The molecule has 2 spiro atoms. The molecule has 4 saturated heterocycles. The van der Waals surface area contributed by atoms with Crippen LogP contribution in [-0.4, -0.2) is 116 Å². The molecule has 0 aromatic carbocycles. The van der Waals surface area contributed by atoms with Crippen molar-refractivity contribution in [2.75, 3.05) is 45.9 Å². The molecule has 4 heterocycles. The Hall–Kier alpha value is -2.68. The molecule has 3 amide bonds. The second kappa shape index (κ2) is 16.6. The van der Waals surface area contributed by atoms with Crippen LogP contribution in [0.3, 0.4) is 0 Å². The van der Waals surface area contributed by atoms with E-state index >= 15 is 14.4 Å². The van der Waals surface area contributed by atoms with E-state index in [0.29, 0.717) is 58.5 Å². The fourth-order valence-electron chi connectivity index (χ4n) is 14.3. The molecule has 0 unspecified atom stereocenters. The lowest BCUT2D eigenvalue weighted by Crippen LogP contribution is -2.57. The van der Waals surface area contributed by atoms with Gasteiger partial charge in [-0.25, -0.2) is 4.72 Å². The van der Waals surface area contributed by atoms with E-state index in [2.05, 4.69) is 56.1 Å². The number of hydrogen-bond acceptors (Lipinski definition) is 9. The average Bonchev–Trinajstić information content (AvgIpc) is 3.62. The minimum Gasteiger partial charge on any atom is -0.381 e. The second-order valence-corrected chi connectivity index (χ2v) is 23.8. The van der Waals surface area contributed by atoms with Gasteiger partial charge in [0, 0.05) is 51.1 Å². The predicted octanol–water partition coefficient (Wildman–Crippen LogP) is 5.72. The van der Waals surface area contributed by atoms with Crippen LogP contribution in [0.25, 0.3) is 0 Å². The molecule has 4 aliphatic heterocycles. The third kappa shape index (κ3) is 7.44. The average molecular weight is 882 g/mol. The maximum atomic E-state index is 15.8. The Morgan fingerprint density at radius 1 is 0.806 bits per heavy atom. The summed E-state index contributed by atoms with van der Waals surface area (Å²) in [7, 11) is -4.07. The summed E-state index contributed by atoms with van der Waals surface area (Å²) < 4.78 is 36.1. The van der Waals surface area contributed by atoms with Crippen LogP contribution in [0.1, 0.15) is 150 Å². The molecule has 0 aromatic rings. The molecule has 8 fully saturated rings. The number of fused-ring (bicyclic) bond motifs is 1. The van der Waals surface area contributed by atoms with Crippen LogP contribution in [-0.2, 0) is 38.9 Å². The van der Waals surface area contributed by atoms with E-state index in [0.717, 1.165) is 90.1 Å². The molecule has 0 radical (unpaired) electrons. The smallest absolute Gasteiger partial charge is 0.303 e. The number of ether oxygens (including phenoxy) is 1. The lowest BCUT2D eigenvalue weighted by molar-refractivity contribution is -0.150. The van der Waals surface area contributed by atoms with Crippen molar-refractivity contribution in [1.82, 2.24) is 24.1 Å². The largest absolute Gasteiger partial charge is 0.381 e. The number of nitrogens with one attached hydrogen (secondary N) is 2. The van der Waals surface area contributed by atoms with Gasteiger partial charge in [0.05, 0.1) is 29.5 Å².